The first-order chi connectivity index (χ1) is 13.0. The topological polar surface area (TPSA) is 80.9 Å². The van der Waals surface area contributed by atoms with Crippen LogP contribution in [0.1, 0.15) is 22.5 Å². The van der Waals surface area contributed by atoms with E-state index in [0.29, 0.717) is 16.5 Å². The normalized spacial score (nSPS) is 12.2. The molecule has 1 heterocycles. The molecule has 0 radical (unpaired) electrons. The molecule has 3 aromatic rings. The van der Waals surface area contributed by atoms with E-state index < -0.39 is 0 Å². The Labute approximate surface area is 162 Å². The number of nitrogens with two attached hydrogens (primary N) is 1. The molecule has 1 aliphatic rings. The zero-order valence-corrected chi connectivity index (χ0v) is 15.7. The van der Waals surface area contributed by atoms with Crippen LogP contribution in [0.5, 0.6) is 0 Å². The number of nitrogen functional groups attached to an aromatic ring is 1. The molecule has 0 bridgehead atoms. The van der Waals surface area contributed by atoms with Crippen LogP contribution in [-0.2, 0) is 24.1 Å². The number of amides is 1. The first-order valence-corrected chi connectivity index (χ1v) is 9.18. The number of rotatable bonds is 3. The lowest BCUT2D eigenvalue weighted by Crippen LogP contribution is -2.19. The first kappa shape index (κ1) is 17.5. The van der Waals surface area contributed by atoms with Crippen LogP contribution < -0.4 is 11.1 Å². The monoisotopic (exact) mass is 378 g/mol. The van der Waals surface area contributed by atoms with Crippen molar-refractivity contribution < 1.29 is 4.79 Å². The minimum absolute atomic E-state index is 0.126. The standard InChI is InChI=1S/C21H19ClN4O/c1-12-21(26-19(27)10-13-2-5-15(22)6-3-13)25-18-9-4-14-11-16(23)7-8-17(14)20(18)24-12/h2-3,5-8,11H,4,9-10,23H2,1H3,(H,25,26,27). The second kappa shape index (κ2) is 7.00. The number of benzene rings is 2. The van der Waals surface area contributed by atoms with Crippen LogP contribution in [0, 0.1) is 6.92 Å². The van der Waals surface area contributed by atoms with Gasteiger partial charge >= 0.3 is 0 Å². The van der Waals surface area contributed by atoms with E-state index >= 15 is 0 Å². The number of anilines is 2. The van der Waals surface area contributed by atoms with E-state index in [-0.39, 0.29) is 12.3 Å². The van der Waals surface area contributed by atoms with Gasteiger partial charge in [0.25, 0.3) is 0 Å². The highest BCUT2D eigenvalue weighted by atomic mass is 35.5. The van der Waals surface area contributed by atoms with Crippen molar-refractivity contribution in [2.24, 2.45) is 0 Å². The Hall–Kier alpha value is -2.92. The molecule has 0 unspecified atom stereocenters. The molecule has 1 aromatic heterocycles. The van der Waals surface area contributed by atoms with Crippen molar-refractivity contribution in [1.29, 1.82) is 0 Å². The van der Waals surface area contributed by atoms with E-state index in [1.165, 1.54) is 5.56 Å². The summed E-state index contributed by atoms with van der Waals surface area (Å²) in [5.41, 5.74) is 12.3. The average molecular weight is 379 g/mol. The first-order valence-electron chi connectivity index (χ1n) is 8.80. The summed E-state index contributed by atoms with van der Waals surface area (Å²) in [5.74, 6) is 0.394. The predicted molar refractivity (Wildman–Crippen MR) is 108 cm³/mol. The second-order valence-corrected chi connectivity index (χ2v) is 7.16. The summed E-state index contributed by atoms with van der Waals surface area (Å²) >= 11 is 5.89. The fourth-order valence-electron chi connectivity index (χ4n) is 3.33. The van der Waals surface area contributed by atoms with Crippen LogP contribution >= 0.6 is 11.6 Å². The van der Waals surface area contributed by atoms with Crippen molar-refractivity contribution in [3.63, 3.8) is 0 Å². The SMILES string of the molecule is Cc1nc2c(nc1NC(=O)Cc1ccc(Cl)cc1)CCc1cc(N)ccc1-2. The highest BCUT2D eigenvalue weighted by Gasteiger charge is 2.21. The molecule has 2 aromatic carbocycles. The number of hydrogen-bond donors (Lipinski definition) is 2. The summed E-state index contributed by atoms with van der Waals surface area (Å²) in [6, 6.07) is 13.1. The molecule has 0 spiro atoms. The van der Waals surface area contributed by atoms with Crippen molar-refractivity contribution >= 4 is 29.0 Å². The van der Waals surface area contributed by atoms with Crippen LogP contribution in [0.3, 0.4) is 0 Å². The van der Waals surface area contributed by atoms with Gasteiger partial charge in [-0.2, -0.15) is 0 Å². The number of halogens is 1. The lowest BCUT2D eigenvalue weighted by atomic mass is 9.91. The molecule has 6 heteroatoms. The summed E-state index contributed by atoms with van der Waals surface area (Å²) in [4.78, 5) is 21.8. The lowest BCUT2D eigenvalue weighted by Gasteiger charge is -2.20. The van der Waals surface area contributed by atoms with E-state index in [4.69, 9.17) is 22.3 Å². The van der Waals surface area contributed by atoms with Gasteiger partial charge in [0, 0.05) is 16.3 Å². The molecule has 136 valence electrons. The van der Waals surface area contributed by atoms with E-state index in [9.17, 15) is 4.79 Å². The zero-order chi connectivity index (χ0) is 19.0. The minimum Gasteiger partial charge on any atom is -0.399 e. The van der Waals surface area contributed by atoms with Crippen molar-refractivity contribution in [3.05, 3.63) is 70.0 Å². The van der Waals surface area contributed by atoms with Gasteiger partial charge in [-0.3, -0.25) is 4.79 Å². The van der Waals surface area contributed by atoms with Gasteiger partial charge in [-0.25, -0.2) is 9.97 Å². The molecule has 0 saturated heterocycles. The number of nitrogens with one attached hydrogen (secondary N) is 1. The molecule has 1 amide bonds. The van der Waals surface area contributed by atoms with Crippen molar-refractivity contribution in [2.75, 3.05) is 11.1 Å². The smallest absolute Gasteiger partial charge is 0.229 e. The van der Waals surface area contributed by atoms with Gasteiger partial charge in [-0.15, -0.1) is 0 Å². The van der Waals surface area contributed by atoms with Crippen molar-refractivity contribution in [2.45, 2.75) is 26.2 Å². The van der Waals surface area contributed by atoms with Gasteiger partial charge in [0.2, 0.25) is 5.91 Å². The van der Waals surface area contributed by atoms with E-state index in [0.717, 1.165) is 41.0 Å². The van der Waals surface area contributed by atoms with Crippen molar-refractivity contribution in [3.8, 4) is 11.3 Å². The van der Waals surface area contributed by atoms with Crippen LogP contribution in [0.4, 0.5) is 11.5 Å². The number of carbonyl (C=O) groups excluding carboxylic acids is 1. The maximum absolute atomic E-state index is 12.4. The molecule has 4 rings (SSSR count). The number of aromatic nitrogens is 2. The van der Waals surface area contributed by atoms with Crippen molar-refractivity contribution in [1.82, 2.24) is 9.97 Å². The summed E-state index contributed by atoms with van der Waals surface area (Å²) in [6.45, 7) is 1.86. The lowest BCUT2D eigenvalue weighted by molar-refractivity contribution is -0.115. The van der Waals surface area contributed by atoms with E-state index in [2.05, 4.69) is 10.3 Å². The third-order valence-corrected chi connectivity index (χ3v) is 4.95. The summed E-state index contributed by atoms with van der Waals surface area (Å²) in [6.07, 6.45) is 1.90. The van der Waals surface area contributed by atoms with Crippen LogP contribution in [-0.4, -0.2) is 15.9 Å². The van der Waals surface area contributed by atoms with Gasteiger partial charge in [0.05, 0.1) is 23.5 Å². The van der Waals surface area contributed by atoms with E-state index in [1.807, 2.05) is 37.3 Å². The Bertz CT molecular complexity index is 1030. The third-order valence-electron chi connectivity index (χ3n) is 4.69. The Morgan fingerprint density at radius 2 is 1.93 bits per heavy atom. The maximum Gasteiger partial charge on any atom is 0.229 e. The largest absolute Gasteiger partial charge is 0.399 e. The molecule has 1 aliphatic carbocycles. The number of fused-ring (bicyclic) bond motifs is 3. The van der Waals surface area contributed by atoms with Gasteiger partial charge in [0.1, 0.15) is 0 Å². The Balaban J connectivity index is 1.57. The van der Waals surface area contributed by atoms with Gasteiger partial charge in [-0.05, 0) is 55.2 Å². The third kappa shape index (κ3) is 3.64. The minimum atomic E-state index is -0.126. The number of aryl methyl sites for hydroxylation is 3. The molecular formula is C21H19ClN4O. The summed E-state index contributed by atoms with van der Waals surface area (Å²) in [7, 11) is 0. The molecule has 0 saturated carbocycles. The summed E-state index contributed by atoms with van der Waals surface area (Å²) < 4.78 is 0. The quantitative estimate of drug-likeness (QED) is 0.676. The molecular weight excluding hydrogens is 360 g/mol. The molecule has 0 aliphatic heterocycles. The zero-order valence-electron chi connectivity index (χ0n) is 14.9. The van der Waals surface area contributed by atoms with Gasteiger partial charge < -0.3 is 11.1 Å². The fourth-order valence-corrected chi connectivity index (χ4v) is 3.46. The molecule has 0 fully saturated rings. The highest BCUT2D eigenvalue weighted by molar-refractivity contribution is 6.30. The molecule has 3 N–H and O–H groups in total. The molecule has 0 atom stereocenters. The Morgan fingerprint density at radius 3 is 2.70 bits per heavy atom. The Morgan fingerprint density at radius 1 is 1.15 bits per heavy atom. The van der Waals surface area contributed by atoms with Crippen LogP contribution in [0.25, 0.3) is 11.3 Å². The van der Waals surface area contributed by atoms with Crippen LogP contribution in [0.2, 0.25) is 5.02 Å². The fraction of sp³-hybridized carbons (Fsp3) is 0.190. The van der Waals surface area contributed by atoms with E-state index in [1.54, 1.807) is 12.1 Å². The summed E-state index contributed by atoms with van der Waals surface area (Å²) in [5, 5.41) is 3.54. The van der Waals surface area contributed by atoms with Gasteiger partial charge in [0.15, 0.2) is 5.82 Å². The Kier molecular flexibility index (Phi) is 4.54. The number of hydrogen-bond acceptors (Lipinski definition) is 4. The van der Waals surface area contributed by atoms with Crippen LogP contribution in [0.15, 0.2) is 42.5 Å². The average Bonchev–Trinajstić information content (AvgIpc) is 2.64. The second-order valence-electron chi connectivity index (χ2n) is 6.72. The molecule has 5 nitrogen and oxygen atoms in total. The predicted octanol–water partition coefficient (Wildman–Crippen LogP) is 3.97. The van der Waals surface area contributed by atoms with Gasteiger partial charge in [-0.1, -0.05) is 29.8 Å². The maximum atomic E-state index is 12.4. The number of carbonyl (C=O) groups is 1. The number of nitrogens with zero attached hydrogens (tertiary/aromatic N) is 2. The highest BCUT2D eigenvalue weighted by Crippen LogP contribution is 2.33. The molecule has 27 heavy (non-hydrogen) atoms.